The first kappa shape index (κ1) is 21.3. The van der Waals surface area contributed by atoms with E-state index < -0.39 is 0 Å². The first-order valence-corrected chi connectivity index (χ1v) is 9.52. The van der Waals surface area contributed by atoms with E-state index in [1.54, 1.807) is 32.4 Å². The number of benzene rings is 1. The Hall–Kier alpha value is -2.05. The van der Waals surface area contributed by atoms with Gasteiger partial charge in [-0.3, -0.25) is 9.69 Å². The van der Waals surface area contributed by atoms with E-state index in [1.807, 2.05) is 12.1 Å². The summed E-state index contributed by atoms with van der Waals surface area (Å²) < 4.78 is 16.0. The second-order valence-corrected chi connectivity index (χ2v) is 7.16. The van der Waals surface area contributed by atoms with Crippen LogP contribution in [0.4, 0.5) is 0 Å². The molecule has 1 unspecified atom stereocenters. The average molecular weight is 376 g/mol. The zero-order valence-corrected chi connectivity index (χ0v) is 16.9. The average Bonchev–Trinajstić information content (AvgIpc) is 2.69. The molecular formula is C21H32N2O4. The molecule has 1 atom stereocenters. The molecule has 1 heterocycles. The van der Waals surface area contributed by atoms with Gasteiger partial charge in [-0.1, -0.05) is 13.8 Å². The van der Waals surface area contributed by atoms with E-state index in [4.69, 9.17) is 14.2 Å². The third kappa shape index (κ3) is 7.23. The minimum atomic E-state index is -0.0983. The zero-order valence-electron chi connectivity index (χ0n) is 16.9. The number of carbonyl (C=O) groups is 1. The van der Waals surface area contributed by atoms with Crippen LogP contribution in [0, 0.1) is 5.92 Å². The van der Waals surface area contributed by atoms with Crippen LogP contribution in [0.3, 0.4) is 0 Å². The van der Waals surface area contributed by atoms with Crippen molar-refractivity contribution >= 4 is 12.0 Å². The summed E-state index contributed by atoms with van der Waals surface area (Å²) >= 11 is 0. The van der Waals surface area contributed by atoms with Gasteiger partial charge in [0, 0.05) is 37.8 Å². The van der Waals surface area contributed by atoms with Gasteiger partial charge in [-0.25, -0.2) is 0 Å². The van der Waals surface area contributed by atoms with Gasteiger partial charge < -0.3 is 19.5 Å². The fourth-order valence-corrected chi connectivity index (χ4v) is 3.22. The van der Waals surface area contributed by atoms with E-state index in [0.717, 1.165) is 38.3 Å². The molecule has 150 valence electrons. The van der Waals surface area contributed by atoms with Gasteiger partial charge in [-0.05, 0) is 36.1 Å². The SMILES string of the molecule is COc1cc(/C=C/C(=O)NCC(CC(C)C)N2CCOCC2)cc(OC)c1. The van der Waals surface area contributed by atoms with Crippen LogP contribution in [0.15, 0.2) is 24.3 Å². The second kappa shape index (κ2) is 10.9. The lowest BCUT2D eigenvalue weighted by Gasteiger charge is -2.35. The fourth-order valence-electron chi connectivity index (χ4n) is 3.22. The molecule has 1 aromatic rings. The number of morpholine rings is 1. The number of hydrogen-bond acceptors (Lipinski definition) is 5. The molecule has 1 aromatic carbocycles. The molecule has 1 amide bonds. The molecule has 0 spiro atoms. The van der Waals surface area contributed by atoms with Crippen LogP contribution in [0.5, 0.6) is 11.5 Å². The maximum atomic E-state index is 12.3. The third-order valence-corrected chi connectivity index (χ3v) is 4.62. The Morgan fingerprint density at radius 1 is 1.19 bits per heavy atom. The number of ether oxygens (including phenoxy) is 3. The van der Waals surface area contributed by atoms with E-state index in [2.05, 4.69) is 24.1 Å². The summed E-state index contributed by atoms with van der Waals surface area (Å²) in [5.41, 5.74) is 0.855. The van der Waals surface area contributed by atoms with Crippen molar-refractivity contribution in [1.29, 1.82) is 0 Å². The van der Waals surface area contributed by atoms with E-state index in [0.29, 0.717) is 30.0 Å². The number of hydrogen-bond donors (Lipinski definition) is 1. The highest BCUT2D eigenvalue weighted by Crippen LogP contribution is 2.23. The van der Waals surface area contributed by atoms with Crippen LogP contribution in [-0.2, 0) is 9.53 Å². The van der Waals surface area contributed by atoms with Crippen molar-refractivity contribution in [2.24, 2.45) is 5.92 Å². The van der Waals surface area contributed by atoms with Crippen LogP contribution in [0.1, 0.15) is 25.8 Å². The molecule has 1 aliphatic heterocycles. The number of amides is 1. The maximum Gasteiger partial charge on any atom is 0.244 e. The molecule has 27 heavy (non-hydrogen) atoms. The molecule has 1 aliphatic rings. The maximum absolute atomic E-state index is 12.3. The first-order chi connectivity index (χ1) is 13.0. The van der Waals surface area contributed by atoms with E-state index in [-0.39, 0.29) is 5.91 Å². The van der Waals surface area contributed by atoms with Gasteiger partial charge >= 0.3 is 0 Å². The standard InChI is InChI=1S/C21H32N2O4/c1-16(2)11-18(23-7-9-27-10-8-23)15-22-21(24)6-5-17-12-19(25-3)14-20(13-17)26-4/h5-6,12-14,16,18H,7-11,15H2,1-4H3,(H,22,24)/b6-5+. The fraction of sp³-hybridized carbons (Fsp3) is 0.571. The second-order valence-electron chi connectivity index (χ2n) is 7.16. The Labute approximate surface area is 162 Å². The molecule has 0 aromatic heterocycles. The van der Waals surface area contributed by atoms with E-state index in [9.17, 15) is 4.79 Å². The first-order valence-electron chi connectivity index (χ1n) is 9.52. The molecule has 1 N–H and O–H groups in total. The number of nitrogens with one attached hydrogen (secondary N) is 1. The monoisotopic (exact) mass is 376 g/mol. The number of methoxy groups -OCH3 is 2. The Bertz CT molecular complexity index is 602. The van der Waals surface area contributed by atoms with Crippen LogP contribution >= 0.6 is 0 Å². The van der Waals surface area contributed by atoms with Crippen molar-refractivity contribution in [3.8, 4) is 11.5 Å². The highest BCUT2D eigenvalue weighted by Gasteiger charge is 2.22. The predicted octanol–water partition coefficient (Wildman–Crippen LogP) is 2.58. The summed E-state index contributed by atoms with van der Waals surface area (Å²) in [7, 11) is 3.21. The third-order valence-electron chi connectivity index (χ3n) is 4.62. The van der Waals surface area contributed by atoms with E-state index in [1.165, 1.54) is 0 Å². The quantitative estimate of drug-likeness (QED) is 0.671. The lowest BCUT2D eigenvalue weighted by molar-refractivity contribution is -0.116. The van der Waals surface area contributed by atoms with Crippen molar-refractivity contribution in [3.05, 3.63) is 29.8 Å². The lowest BCUT2D eigenvalue weighted by Crippen LogP contribution is -2.49. The number of nitrogens with zero attached hydrogens (tertiary/aromatic N) is 1. The van der Waals surface area contributed by atoms with Gasteiger partial charge in [0.05, 0.1) is 27.4 Å². The Morgan fingerprint density at radius 2 is 1.81 bits per heavy atom. The summed E-state index contributed by atoms with van der Waals surface area (Å²) in [6.45, 7) is 8.44. The van der Waals surface area contributed by atoms with Crippen molar-refractivity contribution in [2.75, 3.05) is 47.1 Å². The summed E-state index contributed by atoms with van der Waals surface area (Å²) in [6.07, 6.45) is 4.38. The minimum absolute atomic E-state index is 0.0983. The summed E-state index contributed by atoms with van der Waals surface area (Å²) in [5, 5.41) is 3.04. The van der Waals surface area contributed by atoms with Gasteiger partial charge in [-0.15, -0.1) is 0 Å². The topological polar surface area (TPSA) is 60.0 Å². The molecule has 0 aliphatic carbocycles. The van der Waals surface area contributed by atoms with Gasteiger partial charge in [-0.2, -0.15) is 0 Å². The number of carbonyl (C=O) groups excluding carboxylic acids is 1. The minimum Gasteiger partial charge on any atom is -0.497 e. The highest BCUT2D eigenvalue weighted by molar-refractivity contribution is 5.91. The Balaban J connectivity index is 1.93. The van der Waals surface area contributed by atoms with Crippen LogP contribution in [0.2, 0.25) is 0 Å². The molecule has 6 nitrogen and oxygen atoms in total. The number of rotatable bonds is 9. The molecule has 0 radical (unpaired) electrons. The van der Waals surface area contributed by atoms with Gasteiger partial charge in [0.15, 0.2) is 0 Å². The lowest BCUT2D eigenvalue weighted by atomic mass is 10.0. The van der Waals surface area contributed by atoms with Gasteiger partial charge in [0.25, 0.3) is 0 Å². The van der Waals surface area contributed by atoms with Crippen molar-refractivity contribution in [2.45, 2.75) is 26.3 Å². The molecule has 1 saturated heterocycles. The van der Waals surface area contributed by atoms with E-state index >= 15 is 0 Å². The molecule has 1 fully saturated rings. The molecule has 2 rings (SSSR count). The molecular weight excluding hydrogens is 344 g/mol. The van der Waals surface area contributed by atoms with Gasteiger partial charge in [0.2, 0.25) is 5.91 Å². The van der Waals surface area contributed by atoms with Crippen LogP contribution < -0.4 is 14.8 Å². The summed E-state index contributed by atoms with van der Waals surface area (Å²) in [5.74, 6) is 1.87. The van der Waals surface area contributed by atoms with Crippen molar-refractivity contribution in [3.63, 3.8) is 0 Å². The summed E-state index contributed by atoms with van der Waals surface area (Å²) in [6, 6.07) is 5.86. The molecule has 0 bridgehead atoms. The molecule has 0 saturated carbocycles. The Kier molecular flexibility index (Phi) is 8.61. The summed E-state index contributed by atoms with van der Waals surface area (Å²) in [4.78, 5) is 14.7. The Morgan fingerprint density at radius 3 is 2.37 bits per heavy atom. The highest BCUT2D eigenvalue weighted by atomic mass is 16.5. The largest absolute Gasteiger partial charge is 0.497 e. The predicted molar refractivity (Wildman–Crippen MR) is 107 cm³/mol. The smallest absolute Gasteiger partial charge is 0.244 e. The van der Waals surface area contributed by atoms with Crippen molar-refractivity contribution < 1.29 is 19.0 Å². The normalized spacial score (nSPS) is 16.5. The van der Waals surface area contributed by atoms with Crippen LogP contribution in [0.25, 0.3) is 6.08 Å². The zero-order chi connectivity index (χ0) is 19.6. The molecule has 6 heteroatoms. The van der Waals surface area contributed by atoms with Crippen molar-refractivity contribution in [1.82, 2.24) is 10.2 Å². The van der Waals surface area contributed by atoms with Crippen LogP contribution in [-0.4, -0.2) is 63.9 Å². The van der Waals surface area contributed by atoms with Gasteiger partial charge in [0.1, 0.15) is 11.5 Å².